The van der Waals surface area contributed by atoms with Crippen molar-refractivity contribution in [2.24, 2.45) is 0 Å². The number of halogens is 2. The van der Waals surface area contributed by atoms with Crippen LogP contribution in [0.15, 0.2) is 24.4 Å². The van der Waals surface area contributed by atoms with Gasteiger partial charge in [0, 0.05) is 12.8 Å². The minimum absolute atomic E-state index is 0.0685. The van der Waals surface area contributed by atoms with E-state index < -0.39 is 0 Å². The molecule has 5 nitrogen and oxygen atoms in total. The topological polar surface area (TPSA) is 64.4 Å². The molecular weight excluding hydrogens is 355 g/mol. The average Bonchev–Trinajstić information content (AvgIpc) is 2.48. The molecule has 20 heavy (non-hydrogen) atoms. The standard InChI is InChI=1S/C12H18N2O3.2ClH.Cu/c1-2-15-7-8-16-9-10-17-12(13)11-5-3-4-6-14-11;;;/h3-6,13H,2,7-10H2,1H3;2*1H;/q;;;+2/p-2. The maximum absolute atomic E-state index is 7.61. The molecule has 1 aromatic heterocycles. The zero-order valence-corrected chi connectivity index (χ0v) is 13.5. The van der Waals surface area contributed by atoms with E-state index in [0.29, 0.717) is 38.7 Å². The monoisotopic (exact) mass is 371 g/mol. The second kappa shape index (κ2) is 15.0. The first-order valence-electron chi connectivity index (χ1n) is 5.85. The van der Waals surface area contributed by atoms with Gasteiger partial charge >= 0.3 is 33.3 Å². The van der Waals surface area contributed by atoms with E-state index in [1.165, 1.54) is 0 Å². The Kier molecular flexibility index (Phi) is 14.8. The third-order valence-corrected chi connectivity index (χ3v) is 1.95. The molecule has 0 aliphatic rings. The molecule has 0 spiro atoms. The molecule has 0 fully saturated rings. The first kappa shape index (κ1) is 19.6. The van der Waals surface area contributed by atoms with Crippen LogP contribution in [0.4, 0.5) is 0 Å². The summed E-state index contributed by atoms with van der Waals surface area (Å²) in [5.41, 5.74) is 0.529. The van der Waals surface area contributed by atoms with Crippen LogP contribution < -0.4 is 0 Å². The summed E-state index contributed by atoms with van der Waals surface area (Å²) in [6.07, 6.45) is 1.63. The number of nitrogens with zero attached hydrogens (tertiary/aromatic N) is 1. The number of ether oxygens (including phenoxy) is 3. The van der Waals surface area contributed by atoms with Gasteiger partial charge in [0.25, 0.3) is 0 Å². The summed E-state index contributed by atoms with van der Waals surface area (Å²) in [5, 5.41) is 7.61. The van der Waals surface area contributed by atoms with E-state index in [9.17, 15) is 0 Å². The summed E-state index contributed by atoms with van der Waals surface area (Å²) in [6.45, 7) is 4.58. The van der Waals surface area contributed by atoms with Gasteiger partial charge in [-0.2, -0.15) is 0 Å². The van der Waals surface area contributed by atoms with E-state index in [0.717, 1.165) is 13.1 Å². The van der Waals surface area contributed by atoms with Gasteiger partial charge in [-0.3, -0.25) is 10.4 Å². The van der Waals surface area contributed by atoms with Gasteiger partial charge in [-0.1, -0.05) is 6.07 Å². The van der Waals surface area contributed by atoms with Gasteiger partial charge in [-0.05, 0) is 19.1 Å². The van der Waals surface area contributed by atoms with Gasteiger partial charge in [-0.15, -0.1) is 0 Å². The SMILES string of the molecule is CCOCCOCCOC(=N)c1ccccn1.[Cl][Cu][Cl]. The van der Waals surface area contributed by atoms with Crippen LogP contribution in [0.25, 0.3) is 0 Å². The fourth-order valence-electron chi connectivity index (χ4n) is 1.14. The second-order valence-electron chi connectivity index (χ2n) is 3.24. The van der Waals surface area contributed by atoms with Crippen LogP contribution >= 0.6 is 20.2 Å². The molecule has 0 saturated heterocycles. The summed E-state index contributed by atoms with van der Waals surface area (Å²) in [7, 11) is 9.34. The Morgan fingerprint density at radius 2 is 1.85 bits per heavy atom. The molecule has 0 radical (unpaired) electrons. The van der Waals surface area contributed by atoms with E-state index in [1.54, 1.807) is 18.3 Å². The van der Waals surface area contributed by atoms with Gasteiger partial charge in [-0.25, -0.2) is 0 Å². The number of pyridine rings is 1. The van der Waals surface area contributed by atoms with Crippen molar-refractivity contribution >= 4 is 26.1 Å². The van der Waals surface area contributed by atoms with Gasteiger partial charge in [0.1, 0.15) is 12.3 Å². The van der Waals surface area contributed by atoms with Crippen molar-refractivity contribution in [3.05, 3.63) is 30.1 Å². The van der Waals surface area contributed by atoms with Crippen molar-refractivity contribution in [1.29, 1.82) is 5.41 Å². The fourth-order valence-corrected chi connectivity index (χ4v) is 1.14. The predicted octanol–water partition coefficient (Wildman–Crippen LogP) is 2.85. The summed E-state index contributed by atoms with van der Waals surface area (Å²) in [6, 6.07) is 5.35. The molecule has 1 heterocycles. The Morgan fingerprint density at radius 3 is 2.45 bits per heavy atom. The summed E-state index contributed by atoms with van der Waals surface area (Å²) in [4.78, 5) is 4.01. The van der Waals surface area contributed by atoms with Gasteiger partial charge < -0.3 is 14.2 Å². The van der Waals surface area contributed by atoms with Crippen LogP contribution in [0.1, 0.15) is 12.6 Å². The molecule has 8 heteroatoms. The van der Waals surface area contributed by atoms with E-state index in [1.807, 2.05) is 13.0 Å². The van der Waals surface area contributed by atoms with Gasteiger partial charge in [0.15, 0.2) is 0 Å². The van der Waals surface area contributed by atoms with Crippen molar-refractivity contribution in [2.75, 3.05) is 33.0 Å². The number of hydrogen-bond donors (Lipinski definition) is 1. The van der Waals surface area contributed by atoms with Crippen molar-refractivity contribution in [3.8, 4) is 0 Å². The Balaban J connectivity index is 0.00000110. The molecule has 1 N–H and O–H groups in total. The quantitative estimate of drug-likeness (QED) is 0.330. The van der Waals surface area contributed by atoms with E-state index >= 15 is 0 Å². The van der Waals surface area contributed by atoms with Crippen molar-refractivity contribution < 1.29 is 27.3 Å². The molecule has 0 saturated carbocycles. The average molecular weight is 373 g/mol. The summed E-state index contributed by atoms with van der Waals surface area (Å²) < 4.78 is 15.6. The molecular formula is C12H18Cl2CuN2O3. The Hall–Kier alpha value is -0.361. The van der Waals surface area contributed by atoms with E-state index in [-0.39, 0.29) is 5.90 Å². The molecule has 0 bridgehead atoms. The molecule has 0 atom stereocenters. The number of rotatable bonds is 8. The second-order valence-corrected chi connectivity index (χ2v) is 4.80. The normalized spacial score (nSPS) is 9.75. The minimum atomic E-state index is 0.0685. The molecule has 0 unspecified atom stereocenters. The number of nitrogens with one attached hydrogen (secondary N) is 1. The maximum atomic E-state index is 7.61. The van der Waals surface area contributed by atoms with Crippen LogP contribution in [0.3, 0.4) is 0 Å². The molecule has 1 rings (SSSR count). The van der Waals surface area contributed by atoms with Crippen LogP contribution in [0.2, 0.25) is 0 Å². The van der Waals surface area contributed by atoms with Crippen molar-refractivity contribution in [3.63, 3.8) is 0 Å². The van der Waals surface area contributed by atoms with Crippen LogP contribution in [0, 0.1) is 5.41 Å². The van der Waals surface area contributed by atoms with Crippen molar-refractivity contribution in [2.45, 2.75) is 6.92 Å². The molecule has 119 valence electrons. The molecule has 0 aromatic carbocycles. The van der Waals surface area contributed by atoms with Gasteiger partial charge in [0.2, 0.25) is 5.90 Å². The summed E-state index contributed by atoms with van der Waals surface area (Å²) in [5.74, 6) is 0.0685. The Labute approximate surface area is 134 Å². The third-order valence-electron chi connectivity index (χ3n) is 1.95. The van der Waals surface area contributed by atoms with E-state index in [4.69, 9.17) is 19.6 Å². The van der Waals surface area contributed by atoms with Crippen LogP contribution in [0.5, 0.6) is 0 Å². The first-order valence-corrected chi connectivity index (χ1v) is 8.44. The van der Waals surface area contributed by atoms with Crippen LogP contribution in [-0.4, -0.2) is 43.9 Å². The van der Waals surface area contributed by atoms with Crippen molar-refractivity contribution in [1.82, 2.24) is 4.98 Å². The molecule has 1 aromatic rings. The molecule has 0 aliphatic heterocycles. The fraction of sp³-hybridized carbons (Fsp3) is 0.500. The third kappa shape index (κ3) is 11.5. The predicted molar refractivity (Wildman–Crippen MR) is 76.0 cm³/mol. The zero-order valence-electron chi connectivity index (χ0n) is 11.1. The van der Waals surface area contributed by atoms with Crippen LogP contribution in [-0.2, 0) is 27.3 Å². The van der Waals surface area contributed by atoms with E-state index in [2.05, 4.69) is 25.2 Å². The summed E-state index contributed by atoms with van der Waals surface area (Å²) >= 11 is 0.757. The molecule has 0 amide bonds. The Bertz CT molecular complexity index is 345. The first-order chi connectivity index (χ1) is 9.76. The number of hydrogen-bond acceptors (Lipinski definition) is 5. The number of aromatic nitrogens is 1. The zero-order chi connectivity index (χ0) is 15.1. The van der Waals surface area contributed by atoms with Gasteiger partial charge in [0.05, 0.1) is 19.8 Å². The Morgan fingerprint density at radius 1 is 1.20 bits per heavy atom. The molecule has 0 aliphatic carbocycles.